The number of aliphatic carboxylic acids is 1. The Morgan fingerprint density at radius 1 is 1.39 bits per heavy atom. The number of nitrogens with zero attached hydrogens (tertiary/aromatic N) is 1. The van der Waals surface area contributed by atoms with Crippen molar-refractivity contribution in [3.8, 4) is 0 Å². The SMILES string of the molecule is O=C(O)CCC1CC(=O)N1OCc1ccccc1. The highest BCUT2D eigenvalue weighted by Crippen LogP contribution is 2.24. The molecule has 5 nitrogen and oxygen atoms in total. The first kappa shape index (κ1) is 12.6. The largest absolute Gasteiger partial charge is 0.481 e. The minimum atomic E-state index is -0.850. The number of carbonyl (C=O) groups excluding carboxylic acids is 1. The highest BCUT2D eigenvalue weighted by molar-refractivity contribution is 5.82. The van der Waals surface area contributed by atoms with Crippen LogP contribution in [0, 0.1) is 0 Å². The first-order chi connectivity index (χ1) is 8.66. The summed E-state index contributed by atoms with van der Waals surface area (Å²) in [5, 5.41) is 9.90. The molecule has 1 atom stereocenters. The van der Waals surface area contributed by atoms with Crippen LogP contribution < -0.4 is 0 Å². The summed E-state index contributed by atoms with van der Waals surface area (Å²) in [5.74, 6) is -0.932. The maximum absolute atomic E-state index is 11.4. The molecule has 1 aliphatic rings. The van der Waals surface area contributed by atoms with Crippen LogP contribution in [0.2, 0.25) is 0 Å². The molecule has 2 rings (SSSR count). The molecule has 1 saturated heterocycles. The molecule has 1 heterocycles. The fourth-order valence-electron chi connectivity index (χ4n) is 1.87. The summed E-state index contributed by atoms with van der Waals surface area (Å²) in [5.41, 5.74) is 0.981. The van der Waals surface area contributed by atoms with E-state index in [9.17, 15) is 9.59 Å². The van der Waals surface area contributed by atoms with Crippen molar-refractivity contribution in [2.24, 2.45) is 0 Å². The van der Waals surface area contributed by atoms with Crippen LogP contribution in [-0.4, -0.2) is 28.1 Å². The zero-order chi connectivity index (χ0) is 13.0. The molecular weight excluding hydrogens is 234 g/mol. The molecule has 1 aliphatic heterocycles. The Morgan fingerprint density at radius 3 is 2.72 bits per heavy atom. The highest BCUT2D eigenvalue weighted by atomic mass is 16.7. The Balaban J connectivity index is 1.80. The van der Waals surface area contributed by atoms with Gasteiger partial charge in [0.05, 0.1) is 12.5 Å². The Morgan fingerprint density at radius 2 is 2.11 bits per heavy atom. The van der Waals surface area contributed by atoms with Crippen molar-refractivity contribution in [3.63, 3.8) is 0 Å². The second kappa shape index (κ2) is 5.64. The lowest BCUT2D eigenvalue weighted by Gasteiger charge is -2.38. The topological polar surface area (TPSA) is 66.8 Å². The fraction of sp³-hybridized carbons (Fsp3) is 0.385. The van der Waals surface area contributed by atoms with Crippen LogP contribution in [0.4, 0.5) is 0 Å². The molecule has 0 aromatic heterocycles. The lowest BCUT2D eigenvalue weighted by molar-refractivity contribution is -0.234. The number of β-lactam (4-membered cyclic amide) rings is 1. The van der Waals surface area contributed by atoms with E-state index in [0.717, 1.165) is 5.56 Å². The molecule has 1 unspecified atom stereocenters. The summed E-state index contributed by atoms with van der Waals surface area (Å²) >= 11 is 0. The first-order valence-electron chi connectivity index (χ1n) is 5.87. The smallest absolute Gasteiger partial charge is 0.303 e. The minimum absolute atomic E-state index is 0.0587. The monoisotopic (exact) mass is 249 g/mol. The molecular formula is C13H15NO4. The predicted molar refractivity (Wildman–Crippen MR) is 63.4 cm³/mol. The highest BCUT2D eigenvalue weighted by Gasteiger charge is 2.37. The molecule has 18 heavy (non-hydrogen) atoms. The Bertz CT molecular complexity index is 432. The van der Waals surface area contributed by atoms with Crippen LogP contribution >= 0.6 is 0 Å². The zero-order valence-corrected chi connectivity index (χ0v) is 9.91. The molecule has 0 aliphatic carbocycles. The van der Waals surface area contributed by atoms with Crippen LogP contribution in [0.5, 0.6) is 0 Å². The molecule has 0 bridgehead atoms. The minimum Gasteiger partial charge on any atom is -0.481 e. The molecule has 1 aromatic carbocycles. The van der Waals surface area contributed by atoms with Gasteiger partial charge in [-0.2, -0.15) is 0 Å². The number of amides is 1. The van der Waals surface area contributed by atoms with Crippen LogP contribution in [0.3, 0.4) is 0 Å². The second-order valence-corrected chi connectivity index (χ2v) is 4.27. The van der Waals surface area contributed by atoms with Crippen molar-refractivity contribution >= 4 is 11.9 Å². The van der Waals surface area contributed by atoms with Crippen LogP contribution in [-0.2, 0) is 21.0 Å². The average Bonchev–Trinajstić information content (AvgIpc) is 2.35. The van der Waals surface area contributed by atoms with E-state index in [1.165, 1.54) is 5.06 Å². The summed E-state index contributed by atoms with van der Waals surface area (Å²) in [6.45, 7) is 0.330. The Hall–Kier alpha value is -1.88. The molecule has 0 spiro atoms. The van der Waals surface area contributed by atoms with Crippen molar-refractivity contribution in [2.45, 2.75) is 31.9 Å². The lowest BCUT2D eigenvalue weighted by atomic mass is 10.0. The van der Waals surface area contributed by atoms with E-state index < -0.39 is 5.97 Å². The van der Waals surface area contributed by atoms with Gasteiger partial charge in [0.2, 0.25) is 5.91 Å². The zero-order valence-electron chi connectivity index (χ0n) is 9.91. The van der Waals surface area contributed by atoms with Gasteiger partial charge in [0.25, 0.3) is 0 Å². The number of hydroxylamine groups is 2. The molecule has 1 aromatic rings. The van der Waals surface area contributed by atoms with Gasteiger partial charge in [0.15, 0.2) is 0 Å². The molecule has 1 N–H and O–H groups in total. The fourth-order valence-corrected chi connectivity index (χ4v) is 1.87. The van der Waals surface area contributed by atoms with E-state index in [0.29, 0.717) is 19.4 Å². The quantitative estimate of drug-likeness (QED) is 0.777. The number of benzene rings is 1. The van der Waals surface area contributed by atoms with Gasteiger partial charge in [-0.15, -0.1) is 0 Å². The maximum atomic E-state index is 11.4. The molecule has 96 valence electrons. The van der Waals surface area contributed by atoms with E-state index in [4.69, 9.17) is 9.94 Å². The van der Waals surface area contributed by atoms with E-state index in [-0.39, 0.29) is 18.4 Å². The molecule has 1 fully saturated rings. The number of carboxylic acid groups (broad SMARTS) is 1. The average molecular weight is 249 g/mol. The third-order valence-electron chi connectivity index (χ3n) is 2.89. The van der Waals surface area contributed by atoms with Crippen molar-refractivity contribution in [2.75, 3.05) is 0 Å². The molecule has 0 radical (unpaired) electrons. The van der Waals surface area contributed by atoms with E-state index in [1.807, 2.05) is 30.3 Å². The van der Waals surface area contributed by atoms with Crippen LogP contribution in [0.15, 0.2) is 30.3 Å². The third kappa shape index (κ3) is 3.07. The van der Waals surface area contributed by atoms with Crippen molar-refractivity contribution in [1.29, 1.82) is 0 Å². The van der Waals surface area contributed by atoms with Gasteiger partial charge in [-0.3, -0.25) is 14.4 Å². The van der Waals surface area contributed by atoms with Crippen LogP contribution in [0.1, 0.15) is 24.8 Å². The van der Waals surface area contributed by atoms with Gasteiger partial charge < -0.3 is 5.11 Å². The van der Waals surface area contributed by atoms with Crippen molar-refractivity contribution < 1.29 is 19.5 Å². The number of carboxylic acids is 1. The molecule has 5 heteroatoms. The van der Waals surface area contributed by atoms with E-state index >= 15 is 0 Å². The third-order valence-corrected chi connectivity index (χ3v) is 2.89. The van der Waals surface area contributed by atoms with Crippen molar-refractivity contribution in [1.82, 2.24) is 5.06 Å². The standard InChI is InChI=1S/C13H15NO4/c15-12-8-11(6-7-13(16)17)14(12)18-9-10-4-2-1-3-5-10/h1-5,11H,6-9H2,(H,16,17). The summed E-state index contributed by atoms with van der Waals surface area (Å²) in [4.78, 5) is 27.2. The number of hydrogen-bond acceptors (Lipinski definition) is 3. The Labute approximate surface area is 105 Å². The number of carbonyl (C=O) groups is 2. The van der Waals surface area contributed by atoms with E-state index in [1.54, 1.807) is 0 Å². The Kier molecular flexibility index (Phi) is 3.94. The second-order valence-electron chi connectivity index (χ2n) is 4.27. The van der Waals surface area contributed by atoms with Crippen LogP contribution in [0.25, 0.3) is 0 Å². The summed E-state index contributed by atoms with van der Waals surface area (Å²) in [6.07, 6.45) is 0.876. The normalized spacial score (nSPS) is 18.6. The summed E-state index contributed by atoms with van der Waals surface area (Å²) in [6, 6.07) is 9.44. The van der Waals surface area contributed by atoms with Gasteiger partial charge >= 0.3 is 5.97 Å². The summed E-state index contributed by atoms with van der Waals surface area (Å²) in [7, 11) is 0. The van der Waals surface area contributed by atoms with Gasteiger partial charge in [-0.25, -0.2) is 5.06 Å². The maximum Gasteiger partial charge on any atom is 0.303 e. The number of rotatable bonds is 6. The van der Waals surface area contributed by atoms with Gasteiger partial charge in [0.1, 0.15) is 6.61 Å². The van der Waals surface area contributed by atoms with Gasteiger partial charge in [0, 0.05) is 6.42 Å². The van der Waals surface area contributed by atoms with Crippen molar-refractivity contribution in [3.05, 3.63) is 35.9 Å². The van der Waals surface area contributed by atoms with E-state index in [2.05, 4.69) is 0 Å². The predicted octanol–water partition coefficient (Wildman–Crippen LogP) is 1.58. The molecule has 1 amide bonds. The number of hydrogen-bond donors (Lipinski definition) is 1. The lowest BCUT2D eigenvalue weighted by Crippen LogP contribution is -2.52. The van der Waals surface area contributed by atoms with Gasteiger partial charge in [-0.05, 0) is 12.0 Å². The van der Waals surface area contributed by atoms with Gasteiger partial charge in [-0.1, -0.05) is 30.3 Å². The summed E-state index contributed by atoms with van der Waals surface area (Å²) < 4.78 is 0. The first-order valence-corrected chi connectivity index (χ1v) is 5.87. The molecule has 0 saturated carbocycles.